The van der Waals surface area contributed by atoms with E-state index in [1.807, 2.05) is 4.90 Å². The molecule has 8 heteroatoms. The molecule has 0 N–H and O–H groups in total. The van der Waals surface area contributed by atoms with Crippen molar-refractivity contribution in [1.82, 2.24) is 0 Å². The van der Waals surface area contributed by atoms with Crippen LogP contribution in [-0.2, 0) is 0 Å². The van der Waals surface area contributed by atoms with Crippen molar-refractivity contribution in [1.29, 1.82) is 0 Å². The van der Waals surface area contributed by atoms with Crippen molar-refractivity contribution in [2.75, 3.05) is 26.2 Å². The Hall–Kier alpha value is -5.24. The topological polar surface area (TPSA) is 82.1 Å². The molecular weight excluding hydrogens is 561 g/mol. The Morgan fingerprint density at radius 3 is 2.09 bits per heavy atom. The third-order valence-electron chi connectivity index (χ3n) is 9.18. The number of ether oxygens (including phenoxy) is 3. The highest BCUT2D eigenvalue weighted by atomic mass is 19.1. The van der Waals surface area contributed by atoms with Crippen LogP contribution in [0.15, 0.2) is 91.0 Å². The zero-order valence-corrected chi connectivity index (χ0v) is 24.2. The first-order chi connectivity index (χ1) is 21.3. The lowest BCUT2D eigenvalue weighted by molar-refractivity contribution is 0.0664. The van der Waals surface area contributed by atoms with E-state index in [9.17, 15) is 18.8 Å². The van der Waals surface area contributed by atoms with E-state index in [1.54, 1.807) is 92.1 Å². The predicted octanol–water partition coefficient (Wildman–Crippen LogP) is 6.17. The summed E-state index contributed by atoms with van der Waals surface area (Å²) in [6.45, 7) is 0. The molecule has 1 spiro atoms. The summed E-state index contributed by atoms with van der Waals surface area (Å²) < 4.78 is 31.2. The molecule has 0 bridgehead atoms. The molecule has 7 nitrogen and oxygen atoms in total. The van der Waals surface area contributed by atoms with Gasteiger partial charge in [-0.2, -0.15) is 0 Å². The van der Waals surface area contributed by atoms with Gasteiger partial charge in [-0.1, -0.05) is 36.4 Å². The van der Waals surface area contributed by atoms with E-state index in [0.717, 1.165) is 0 Å². The van der Waals surface area contributed by atoms with Crippen LogP contribution in [0.4, 0.5) is 10.1 Å². The fraction of sp³-hybridized carbons (Fsp3) is 0.194. The van der Waals surface area contributed by atoms with Crippen LogP contribution >= 0.6 is 0 Å². The van der Waals surface area contributed by atoms with Crippen LogP contribution in [-0.4, -0.2) is 50.8 Å². The molecule has 4 aromatic carbocycles. The van der Waals surface area contributed by atoms with Gasteiger partial charge in [0.15, 0.2) is 17.3 Å². The molecule has 2 heterocycles. The van der Waals surface area contributed by atoms with Gasteiger partial charge in [-0.15, -0.1) is 0 Å². The van der Waals surface area contributed by atoms with Crippen molar-refractivity contribution in [3.63, 3.8) is 0 Å². The molecule has 2 aliphatic heterocycles. The minimum atomic E-state index is -1.74. The zero-order chi connectivity index (χ0) is 30.7. The number of hydrogen-bond acceptors (Lipinski definition) is 7. The normalized spacial score (nSPS) is 20.7. The van der Waals surface area contributed by atoms with E-state index in [1.165, 1.54) is 26.4 Å². The number of fused-ring (bicyclic) bond motifs is 5. The van der Waals surface area contributed by atoms with E-state index in [-0.39, 0.29) is 17.3 Å². The molecule has 0 radical (unpaired) electrons. The summed E-state index contributed by atoms with van der Waals surface area (Å²) in [5, 5.41) is 0. The van der Waals surface area contributed by atoms with E-state index in [2.05, 4.69) is 0 Å². The number of halogens is 1. The molecular formula is C36H28FNO6. The summed E-state index contributed by atoms with van der Waals surface area (Å²) in [4.78, 5) is 46.4. The molecule has 3 unspecified atom stereocenters. The van der Waals surface area contributed by atoms with Gasteiger partial charge < -0.3 is 19.1 Å². The van der Waals surface area contributed by atoms with Crippen LogP contribution in [0.3, 0.4) is 0 Å². The Morgan fingerprint density at radius 1 is 0.795 bits per heavy atom. The van der Waals surface area contributed by atoms with Gasteiger partial charge in [0.05, 0.1) is 27.4 Å². The average Bonchev–Trinajstić information content (AvgIpc) is 3.49. The number of anilines is 1. The van der Waals surface area contributed by atoms with Crippen molar-refractivity contribution in [2.45, 2.75) is 18.0 Å². The second-order valence-electron chi connectivity index (χ2n) is 11.1. The molecule has 0 saturated carbocycles. The van der Waals surface area contributed by atoms with Crippen molar-refractivity contribution in [2.24, 2.45) is 5.41 Å². The lowest BCUT2D eigenvalue weighted by Gasteiger charge is -2.37. The van der Waals surface area contributed by atoms with Gasteiger partial charge in [-0.25, -0.2) is 4.39 Å². The van der Waals surface area contributed by atoms with Gasteiger partial charge in [-0.05, 0) is 60.7 Å². The molecule has 1 fully saturated rings. The van der Waals surface area contributed by atoms with Crippen molar-refractivity contribution in [3.05, 3.63) is 125 Å². The fourth-order valence-corrected chi connectivity index (χ4v) is 7.30. The fourth-order valence-electron chi connectivity index (χ4n) is 7.30. The Morgan fingerprint density at radius 2 is 1.45 bits per heavy atom. The predicted molar refractivity (Wildman–Crippen MR) is 163 cm³/mol. The first-order valence-electron chi connectivity index (χ1n) is 14.2. The molecule has 44 heavy (non-hydrogen) atoms. The number of rotatable bonds is 6. The maximum Gasteiger partial charge on any atom is 0.185 e. The van der Waals surface area contributed by atoms with E-state index >= 15 is 0 Å². The first-order valence-corrected chi connectivity index (χ1v) is 14.2. The lowest BCUT2D eigenvalue weighted by atomic mass is 9.64. The average molecular weight is 590 g/mol. The third kappa shape index (κ3) is 3.70. The Kier molecular flexibility index (Phi) is 6.39. The number of Topliss-reactive ketones (excluding diaryl/α,β-unsaturated/α-hetero) is 3. The van der Waals surface area contributed by atoms with E-state index < -0.39 is 29.2 Å². The number of benzene rings is 4. The lowest BCUT2D eigenvalue weighted by Crippen LogP contribution is -2.48. The molecule has 0 aromatic heterocycles. The molecule has 1 saturated heterocycles. The van der Waals surface area contributed by atoms with Crippen LogP contribution in [0.25, 0.3) is 6.08 Å². The summed E-state index contributed by atoms with van der Waals surface area (Å²) in [6, 6.07) is 21.0. The number of methoxy groups -OCH3 is 3. The maximum absolute atomic E-state index is 14.9. The summed E-state index contributed by atoms with van der Waals surface area (Å²) >= 11 is 0. The summed E-state index contributed by atoms with van der Waals surface area (Å²) in [6.07, 6.45) is 3.48. The standard InChI is InChI=1S/C36H28FNO6/c1-42-23-12-8-20(9-13-23)33(39)32-31(27-19-24(43-2)14-16-29(27)44-3)36(34(40)25-6-4-5-7-26(25)35(36)41)30-17-10-21-18-22(37)11-15-28(21)38(30)32/h4-19,30-32H,1-3H3. The van der Waals surface area contributed by atoms with Crippen LogP contribution < -0.4 is 19.1 Å². The summed E-state index contributed by atoms with van der Waals surface area (Å²) in [7, 11) is 4.57. The third-order valence-corrected chi connectivity index (χ3v) is 9.18. The molecule has 7 rings (SSSR count). The minimum absolute atomic E-state index is 0.306. The molecule has 1 aliphatic carbocycles. The zero-order valence-electron chi connectivity index (χ0n) is 24.2. The second kappa shape index (κ2) is 10.2. The Balaban J connectivity index is 1.57. The highest BCUT2D eigenvalue weighted by Gasteiger charge is 2.72. The number of nitrogens with zero attached hydrogens (tertiary/aromatic N) is 1. The van der Waals surface area contributed by atoms with Gasteiger partial charge in [0, 0.05) is 39.4 Å². The number of carbonyl (C=O) groups is 3. The van der Waals surface area contributed by atoms with Crippen LogP contribution in [0.2, 0.25) is 0 Å². The smallest absolute Gasteiger partial charge is 0.185 e. The quantitative estimate of drug-likeness (QED) is 0.197. The van der Waals surface area contributed by atoms with Gasteiger partial charge in [0.2, 0.25) is 0 Å². The van der Waals surface area contributed by atoms with Crippen molar-refractivity contribution in [3.8, 4) is 17.2 Å². The van der Waals surface area contributed by atoms with Gasteiger partial charge >= 0.3 is 0 Å². The second-order valence-corrected chi connectivity index (χ2v) is 11.1. The molecule has 3 atom stereocenters. The van der Waals surface area contributed by atoms with Crippen LogP contribution in [0.5, 0.6) is 17.2 Å². The van der Waals surface area contributed by atoms with Gasteiger partial charge in [0.1, 0.15) is 34.5 Å². The number of hydrogen-bond donors (Lipinski definition) is 0. The first kappa shape index (κ1) is 27.6. The molecule has 4 aromatic rings. The Labute approximate surface area is 253 Å². The Bertz CT molecular complexity index is 1850. The highest BCUT2D eigenvalue weighted by molar-refractivity contribution is 6.32. The van der Waals surface area contributed by atoms with Gasteiger partial charge in [0.25, 0.3) is 0 Å². The monoisotopic (exact) mass is 589 g/mol. The SMILES string of the molecule is COc1ccc(C(=O)C2C(c3cc(OC)ccc3OC)C3(C(=O)c4ccccc4C3=O)C3C=Cc4cc(F)ccc4N23)cc1. The summed E-state index contributed by atoms with van der Waals surface area (Å²) in [5.74, 6) is -1.05. The van der Waals surface area contributed by atoms with Gasteiger partial charge in [-0.3, -0.25) is 14.4 Å². The number of carbonyl (C=O) groups excluding carboxylic acids is 3. The van der Waals surface area contributed by atoms with Crippen molar-refractivity contribution < 1.29 is 33.0 Å². The number of ketones is 3. The summed E-state index contributed by atoms with van der Waals surface area (Å²) in [5.41, 5.74) is 0.814. The molecule has 220 valence electrons. The molecule has 0 amide bonds. The largest absolute Gasteiger partial charge is 0.497 e. The van der Waals surface area contributed by atoms with Crippen LogP contribution in [0, 0.1) is 11.2 Å². The van der Waals surface area contributed by atoms with E-state index in [4.69, 9.17) is 14.2 Å². The van der Waals surface area contributed by atoms with Crippen LogP contribution in [0.1, 0.15) is 48.1 Å². The van der Waals surface area contributed by atoms with Crippen molar-refractivity contribution >= 4 is 29.1 Å². The highest BCUT2D eigenvalue weighted by Crippen LogP contribution is 2.62. The maximum atomic E-state index is 14.9. The molecule has 3 aliphatic rings. The minimum Gasteiger partial charge on any atom is -0.497 e. The van der Waals surface area contributed by atoms with E-state index in [0.29, 0.717) is 50.8 Å².